The maximum atomic E-state index is 12.8. The standard InChI is InChI=1S/C18H15Cl2N3O5S3/c1-11(24)21-12-4-6-13(7-5-12)30(25,26)22-16-9-14(19)15(20)10-17(16)23-31(27,28)18-3-2-8-29-18/h2-10,22-23H,1H3,(H,21,24). The molecule has 3 aromatic rings. The molecule has 31 heavy (non-hydrogen) atoms. The first-order chi connectivity index (χ1) is 14.5. The summed E-state index contributed by atoms with van der Waals surface area (Å²) in [6.07, 6.45) is 0. The highest BCUT2D eigenvalue weighted by Crippen LogP contribution is 2.35. The lowest BCUT2D eigenvalue weighted by Gasteiger charge is -2.15. The van der Waals surface area contributed by atoms with Crippen molar-refractivity contribution in [1.82, 2.24) is 0 Å². The summed E-state index contributed by atoms with van der Waals surface area (Å²) < 4.78 is 55.5. The Hall–Kier alpha value is -2.31. The maximum Gasteiger partial charge on any atom is 0.271 e. The molecule has 0 aliphatic heterocycles. The molecule has 13 heteroatoms. The highest BCUT2D eigenvalue weighted by atomic mass is 35.5. The van der Waals surface area contributed by atoms with E-state index < -0.39 is 20.0 Å². The Kier molecular flexibility index (Phi) is 6.82. The van der Waals surface area contributed by atoms with Crippen LogP contribution in [0.1, 0.15) is 6.92 Å². The lowest BCUT2D eigenvalue weighted by Crippen LogP contribution is -2.17. The van der Waals surface area contributed by atoms with E-state index in [1.165, 1.54) is 49.4 Å². The van der Waals surface area contributed by atoms with Crippen molar-refractivity contribution in [3.63, 3.8) is 0 Å². The molecule has 164 valence electrons. The van der Waals surface area contributed by atoms with Crippen LogP contribution in [0, 0.1) is 0 Å². The third kappa shape index (κ3) is 5.69. The van der Waals surface area contributed by atoms with Gasteiger partial charge in [0.05, 0.1) is 26.3 Å². The van der Waals surface area contributed by atoms with Gasteiger partial charge in [0.15, 0.2) is 0 Å². The lowest BCUT2D eigenvalue weighted by molar-refractivity contribution is -0.114. The Morgan fingerprint density at radius 2 is 1.42 bits per heavy atom. The van der Waals surface area contributed by atoms with E-state index in [4.69, 9.17) is 23.2 Å². The van der Waals surface area contributed by atoms with Gasteiger partial charge in [0.1, 0.15) is 4.21 Å². The Morgan fingerprint density at radius 1 is 0.871 bits per heavy atom. The molecule has 3 N–H and O–H groups in total. The van der Waals surface area contributed by atoms with E-state index in [0.717, 1.165) is 11.3 Å². The van der Waals surface area contributed by atoms with Gasteiger partial charge in [-0.3, -0.25) is 14.2 Å². The van der Waals surface area contributed by atoms with Crippen LogP contribution in [0.4, 0.5) is 17.1 Å². The number of anilines is 3. The van der Waals surface area contributed by atoms with Crippen LogP contribution < -0.4 is 14.8 Å². The molecular formula is C18H15Cl2N3O5S3. The zero-order chi connectivity index (χ0) is 22.8. The van der Waals surface area contributed by atoms with E-state index in [1.54, 1.807) is 11.4 Å². The topological polar surface area (TPSA) is 121 Å². The number of rotatable bonds is 7. The quantitative estimate of drug-likeness (QED) is 0.420. The van der Waals surface area contributed by atoms with Crippen molar-refractivity contribution in [2.24, 2.45) is 0 Å². The second kappa shape index (κ2) is 9.05. The number of hydrogen-bond acceptors (Lipinski definition) is 6. The average molecular weight is 520 g/mol. The molecule has 0 aliphatic carbocycles. The van der Waals surface area contributed by atoms with Crippen molar-refractivity contribution in [2.45, 2.75) is 16.0 Å². The minimum absolute atomic E-state index is 0.0273. The summed E-state index contributed by atoms with van der Waals surface area (Å²) in [5, 5.41) is 4.19. The van der Waals surface area contributed by atoms with Gasteiger partial charge in [-0.1, -0.05) is 29.3 Å². The Labute approximate surface area is 193 Å². The zero-order valence-corrected chi connectivity index (χ0v) is 19.7. The minimum Gasteiger partial charge on any atom is -0.326 e. The molecule has 0 bridgehead atoms. The third-order valence-corrected chi connectivity index (χ3v) is 8.66. The van der Waals surface area contributed by atoms with Crippen molar-refractivity contribution in [1.29, 1.82) is 0 Å². The highest BCUT2D eigenvalue weighted by Gasteiger charge is 2.22. The Morgan fingerprint density at radius 3 is 1.90 bits per heavy atom. The van der Waals surface area contributed by atoms with Crippen LogP contribution in [-0.4, -0.2) is 22.7 Å². The second-order valence-electron chi connectivity index (χ2n) is 6.16. The first-order valence-corrected chi connectivity index (χ1v) is 13.0. The van der Waals surface area contributed by atoms with E-state index in [1.807, 2.05) is 0 Å². The molecule has 2 aromatic carbocycles. The minimum atomic E-state index is -4.12. The molecule has 1 heterocycles. The molecule has 0 aliphatic rings. The molecule has 0 spiro atoms. The van der Waals surface area contributed by atoms with E-state index in [0.29, 0.717) is 5.69 Å². The second-order valence-corrected chi connectivity index (χ2v) is 11.5. The summed E-state index contributed by atoms with van der Waals surface area (Å²) in [5.41, 5.74) is 0.215. The van der Waals surface area contributed by atoms with Crippen LogP contribution in [-0.2, 0) is 24.8 Å². The normalized spacial score (nSPS) is 11.7. The summed E-state index contributed by atoms with van der Waals surface area (Å²) >= 11 is 13.0. The highest BCUT2D eigenvalue weighted by molar-refractivity contribution is 7.94. The van der Waals surface area contributed by atoms with Crippen LogP contribution in [0.25, 0.3) is 0 Å². The molecule has 0 radical (unpaired) electrons. The van der Waals surface area contributed by atoms with E-state index in [9.17, 15) is 21.6 Å². The van der Waals surface area contributed by atoms with Crippen LogP contribution in [0.2, 0.25) is 10.0 Å². The monoisotopic (exact) mass is 519 g/mol. The van der Waals surface area contributed by atoms with Gasteiger partial charge in [-0.05, 0) is 47.8 Å². The summed E-state index contributed by atoms with van der Waals surface area (Å²) in [7, 11) is -8.08. The van der Waals surface area contributed by atoms with Crippen molar-refractivity contribution in [2.75, 3.05) is 14.8 Å². The van der Waals surface area contributed by atoms with Crippen molar-refractivity contribution < 1.29 is 21.6 Å². The molecule has 0 unspecified atom stereocenters. The van der Waals surface area contributed by atoms with Crippen LogP contribution in [0.5, 0.6) is 0 Å². The molecule has 8 nitrogen and oxygen atoms in total. The van der Waals surface area contributed by atoms with Crippen LogP contribution >= 0.6 is 34.5 Å². The zero-order valence-electron chi connectivity index (χ0n) is 15.7. The van der Waals surface area contributed by atoms with Crippen molar-refractivity contribution >= 4 is 77.6 Å². The molecular weight excluding hydrogens is 505 g/mol. The maximum absolute atomic E-state index is 12.8. The SMILES string of the molecule is CC(=O)Nc1ccc(S(=O)(=O)Nc2cc(Cl)c(Cl)cc2NS(=O)(=O)c2cccs2)cc1. The van der Waals surface area contributed by atoms with E-state index in [-0.39, 0.29) is 36.4 Å². The number of hydrogen-bond donors (Lipinski definition) is 3. The number of benzene rings is 2. The third-order valence-electron chi connectivity index (χ3n) is 3.79. The number of thiophene rings is 1. The molecule has 3 rings (SSSR count). The van der Waals surface area contributed by atoms with Crippen LogP contribution in [0.15, 0.2) is 63.0 Å². The first kappa shape index (κ1) is 23.4. The summed E-state index contributed by atoms with van der Waals surface area (Å²) in [5.74, 6) is -0.299. The number of sulfonamides is 2. The molecule has 0 saturated heterocycles. The number of nitrogens with one attached hydrogen (secondary N) is 3. The van der Waals surface area contributed by atoms with Crippen molar-refractivity contribution in [3.8, 4) is 0 Å². The molecule has 0 saturated carbocycles. The molecule has 1 amide bonds. The van der Waals surface area contributed by atoms with Gasteiger partial charge in [-0.2, -0.15) is 0 Å². The molecule has 1 aromatic heterocycles. The fourth-order valence-corrected chi connectivity index (χ4v) is 5.91. The smallest absolute Gasteiger partial charge is 0.271 e. The van der Waals surface area contributed by atoms with Gasteiger partial charge in [0.2, 0.25) is 5.91 Å². The van der Waals surface area contributed by atoms with Gasteiger partial charge in [0, 0.05) is 12.6 Å². The van der Waals surface area contributed by atoms with Gasteiger partial charge < -0.3 is 5.32 Å². The number of carbonyl (C=O) groups excluding carboxylic acids is 1. The van der Waals surface area contributed by atoms with E-state index >= 15 is 0 Å². The predicted octanol–water partition coefficient (Wildman–Crippen LogP) is 4.61. The fraction of sp³-hybridized carbons (Fsp3) is 0.0556. The largest absolute Gasteiger partial charge is 0.326 e. The summed E-state index contributed by atoms with van der Waals surface area (Å²) in [4.78, 5) is 11.0. The number of halogens is 2. The first-order valence-electron chi connectivity index (χ1n) is 8.44. The number of carbonyl (C=O) groups is 1. The van der Waals surface area contributed by atoms with E-state index in [2.05, 4.69) is 14.8 Å². The Balaban J connectivity index is 1.95. The van der Waals surface area contributed by atoms with Gasteiger partial charge in [-0.25, -0.2) is 16.8 Å². The van der Waals surface area contributed by atoms with Gasteiger partial charge in [-0.15, -0.1) is 11.3 Å². The summed E-state index contributed by atoms with van der Waals surface area (Å²) in [6.45, 7) is 1.33. The van der Waals surface area contributed by atoms with Crippen molar-refractivity contribution in [3.05, 3.63) is 64.0 Å². The molecule has 0 atom stereocenters. The summed E-state index contributed by atoms with van der Waals surface area (Å²) in [6, 6.07) is 10.8. The Bertz CT molecular complexity index is 1320. The molecule has 0 fully saturated rings. The predicted molar refractivity (Wildman–Crippen MR) is 123 cm³/mol. The van der Waals surface area contributed by atoms with Crippen LogP contribution in [0.3, 0.4) is 0 Å². The lowest BCUT2D eigenvalue weighted by atomic mass is 10.3. The fourth-order valence-electron chi connectivity index (χ4n) is 2.45. The van der Waals surface area contributed by atoms with Gasteiger partial charge in [0.25, 0.3) is 20.0 Å². The average Bonchev–Trinajstić information content (AvgIpc) is 3.21. The van der Waals surface area contributed by atoms with Gasteiger partial charge >= 0.3 is 0 Å². The number of amides is 1.